The van der Waals surface area contributed by atoms with E-state index in [0.29, 0.717) is 0 Å². The Morgan fingerprint density at radius 3 is 3.06 bits per heavy atom. The number of fused-ring (bicyclic) bond motifs is 1. The van der Waals surface area contributed by atoms with Crippen molar-refractivity contribution < 1.29 is 4.74 Å². The fourth-order valence-electron chi connectivity index (χ4n) is 1.92. The van der Waals surface area contributed by atoms with Crippen LogP contribution in [0.1, 0.15) is 6.92 Å². The van der Waals surface area contributed by atoms with Crippen LogP contribution in [0.4, 0.5) is 5.69 Å². The second-order valence-electron chi connectivity index (χ2n) is 4.11. The van der Waals surface area contributed by atoms with Crippen LogP contribution in [0.5, 0.6) is 5.75 Å². The van der Waals surface area contributed by atoms with Crippen LogP contribution in [0.2, 0.25) is 0 Å². The summed E-state index contributed by atoms with van der Waals surface area (Å²) in [7, 11) is 1.70. The number of methoxy groups -OCH3 is 1. The molecule has 0 saturated carbocycles. The van der Waals surface area contributed by atoms with Gasteiger partial charge in [-0.1, -0.05) is 0 Å². The van der Waals surface area contributed by atoms with E-state index in [9.17, 15) is 0 Å². The Kier molecular flexibility index (Phi) is 3.61. The predicted molar refractivity (Wildman–Crippen MR) is 69.6 cm³/mol. The molecule has 1 aromatic carbocycles. The third kappa shape index (κ3) is 2.44. The highest BCUT2D eigenvalue weighted by Crippen LogP contribution is 2.37. The molecule has 0 aliphatic carbocycles. The quantitative estimate of drug-likeness (QED) is 0.873. The molecule has 3 nitrogen and oxygen atoms in total. The summed E-state index contributed by atoms with van der Waals surface area (Å²) in [6.45, 7) is 4.04. The van der Waals surface area contributed by atoms with Gasteiger partial charge < -0.3 is 15.4 Å². The average Bonchev–Trinajstić information content (AvgIpc) is 2.28. The molecule has 0 bridgehead atoms. The van der Waals surface area contributed by atoms with Crippen molar-refractivity contribution in [3.05, 3.63) is 18.2 Å². The van der Waals surface area contributed by atoms with E-state index in [1.54, 1.807) is 7.11 Å². The SMILES string of the molecule is COc1ccc2c(c1)SCCN2CC(C)N. The molecule has 0 radical (unpaired) electrons. The molecule has 0 spiro atoms. The van der Waals surface area contributed by atoms with Gasteiger partial charge in [0.2, 0.25) is 0 Å². The molecule has 4 heteroatoms. The van der Waals surface area contributed by atoms with Crippen molar-refractivity contribution in [2.75, 3.05) is 30.9 Å². The molecule has 0 saturated heterocycles. The number of rotatable bonds is 3. The van der Waals surface area contributed by atoms with E-state index in [0.717, 1.165) is 24.6 Å². The number of ether oxygens (including phenoxy) is 1. The zero-order chi connectivity index (χ0) is 11.5. The van der Waals surface area contributed by atoms with Gasteiger partial charge in [0, 0.05) is 29.8 Å². The van der Waals surface area contributed by atoms with Gasteiger partial charge in [-0.25, -0.2) is 0 Å². The van der Waals surface area contributed by atoms with Gasteiger partial charge in [0.05, 0.1) is 12.8 Å². The van der Waals surface area contributed by atoms with Crippen LogP contribution >= 0.6 is 11.8 Å². The molecular formula is C12H18N2OS. The van der Waals surface area contributed by atoms with Crippen LogP contribution < -0.4 is 15.4 Å². The van der Waals surface area contributed by atoms with Crippen molar-refractivity contribution in [3.63, 3.8) is 0 Å². The molecule has 1 atom stereocenters. The minimum Gasteiger partial charge on any atom is -0.497 e. The summed E-state index contributed by atoms with van der Waals surface area (Å²) in [4.78, 5) is 3.65. The molecule has 0 fully saturated rings. The number of thioether (sulfide) groups is 1. The third-order valence-electron chi connectivity index (χ3n) is 2.63. The summed E-state index contributed by atoms with van der Waals surface area (Å²) in [5.41, 5.74) is 7.15. The van der Waals surface area contributed by atoms with Crippen molar-refractivity contribution in [3.8, 4) is 5.75 Å². The Morgan fingerprint density at radius 2 is 2.38 bits per heavy atom. The van der Waals surface area contributed by atoms with E-state index in [4.69, 9.17) is 10.5 Å². The molecule has 2 rings (SSSR count). The van der Waals surface area contributed by atoms with Gasteiger partial charge in [0.25, 0.3) is 0 Å². The zero-order valence-electron chi connectivity index (χ0n) is 9.77. The molecule has 1 aromatic rings. The maximum absolute atomic E-state index is 5.86. The van der Waals surface area contributed by atoms with Crippen molar-refractivity contribution in [1.29, 1.82) is 0 Å². The lowest BCUT2D eigenvalue weighted by atomic mass is 10.2. The number of anilines is 1. The maximum Gasteiger partial charge on any atom is 0.120 e. The van der Waals surface area contributed by atoms with Gasteiger partial charge in [0.15, 0.2) is 0 Å². The van der Waals surface area contributed by atoms with Crippen molar-refractivity contribution in [2.24, 2.45) is 5.73 Å². The first-order valence-electron chi connectivity index (χ1n) is 5.52. The van der Waals surface area contributed by atoms with Gasteiger partial charge >= 0.3 is 0 Å². The Hall–Kier alpha value is -0.870. The Balaban J connectivity index is 2.25. The van der Waals surface area contributed by atoms with Gasteiger partial charge in [-0.2, -0.15) is 0 Å². The summed E-state index contributed by atoms with van der Waals surface area (Å²) in [5.74, 6) is 2.04. The highest BCUT2D eigenvalue weighted by atomic mass is 32.2. The monoisotopic (exact) mass is 238 g/mol. The standard InChI is InChI=1S/C12H18N2OS/c1-9(13)8-14-5-6-16-12-7-10(15-2)3-4-11(12)14/h3-4,7,9H,5-6,8,13H2,1-2H3. The van der Waals surface area contributed by atoms with Crippen LogP contribution in [0, 0.1) is 0 Å². The van der Waals surface area contributed by atoms with Crippen LogP contribution in [0.25, 0.3) is 0 Å². The molecule has 88 valence electrons. The van der Waals surface area contributed by atoms with E-state index in [1.165, 1.54) is 10.6 Å². The predicted octanol–water partition coefficient (Wildman–Crippen LogP) is 1.95. The highest BCUT2D eigenvalue weighted by Gasteiger charge is 2.18. The lowest BCUT2D eigenvalue weighted by Crippen LogP contribution is -2.38. The number of nitrogens with zero attached hydrogens (tertiary/aromatic N) is 1. The summed E-state index contributed by atoms with van der Waals surface area (Å²) in [6, 6.07) is 6.45. The lowest BCUT2D eigenvalue weighted by molar-refractivity contribution is 0.413. The lowest BCUT2D eigenvalue weighted by Gasteiger charge is -2.32. The van der Waals surface area contributed by atoms with Gasteiger partial charge in [0.1, 0.15) is 5.75 Å². The largest absolute Gasteiger partial charge is 0.497 e. The first-order valence-corrected chi connectivity index (χ1v) is 6.50. The number of benzene rings is 1. The summed E-state index contributed by atoms with van der Waals surface area (Å²) in [5, 5.41) is 0. The number of hydrogen-bond donors (Lipinski definition) is 1. The smallest absolute Gasteiger partial charge is 0.120 e. The van der Waals surface area contributed by atoms with Crippen LogP contribution in [-0.2, 0) is 0 Å². The van der Waals surface area contributed by atoms with Gasteiger partial charge in [-0.15, -0.1) is 11.8 Å². The summed E-state index contributed by atoms with van der Waals surface area (Å²) >= 11 is 1.89. The Bertz CT molecular complexity index is 368. The minimum absolute atomic E-state index is 0.207. The molecular weight excluding hydrogens is 220 g/mol. The van der Waals surface area contributed by atoms with Crippen LogP contribution in [0.3, 0.4) is 0 Å². The molecule has 2 N–H and O–H groups in total. The van der Waals surface area contributed by atoms with Gasteiger partial charge in [-0.3, -0.25) is 0 Å². The fraction of sp³-hybridized carbons (Fsp3) is 0.500. The summed E-state index contributed by atoms with van der Waals surface area (Å²) in [6.07, 6.45) is 0. The Morgan fingerprint density at radius 1 is 1.56 bits per heavy atom. The second-order valence-corrected chi connectivity index (χ2v) is 5.24. The van der Waals surface area contributed by atoms with Crippen LogP contribution in [-0.4, -0.2) is 32.0 Å². The van der Waals surface area contributed by atoms with E-state index in [-0.39, 0.29) is 6.04 Å². The van der Waals surface area contributed by atoms with Crippen molar-refractivity contribution in [2.45, 2.75) is 17.9 Å². The summed E-state index contributed by atoms with van der Waals surface area (Å²) < 4.78 is 5.24. The maximum atomic E-state index is 5.86. The molecule has 0 amide bonds. The van der Waals surface area contributed by atoms with E-state index in [1.807, 2.05) is 24.8 Å². The van der Waals surface area contributed by atoms with E-state index < -0.39 is 0 Å². The normalized spacial score (nSPS) is 16.8. The minimum atomic E-state index is 0.207. The molecule has 1 unspecified atom stereocenters. The molecule has 1 aliphatic rings. The van der Waals surface area contributed by atoms with Crippen LogP contribution in [0.15, 0.2) is 23.1 Å². The third-order valence-corrected chi connectivity index (χ3v) is 3.66. The van der Waals surface area contributed by atoms with E-state index >= 15 is 0 Å². The average molecular weight is 238 g/mol. The molecule has 1 aliphatic heterocycles. The van der Waals surface area contributed by atoms with E-state index in [2.05, 4.69) is 17.0 Å². The van der Waals surface area contributed by atoms with Gasteiger partial charge in [-0.05, 0) is 25.1 Å². The topological polar surface area (TPSA) is 38.5 Å². The highest BCUT2D eigenvalue weighted by molar-refractivity contribution is 7.99. The molecule has 1 heterocycles. The number of nitrogens with two attached hydrogens (primary N) is 1. The first-order chi connectivity index (χ1) is 7.70. The van der Waals surface area contributed by atoms with Crippen molar-refractivity contribution >= 4 is 17.4 Å². The zero-order valence-corrected chi connectivity index (χ0v) is 10.6. The fourth-order valence-corrected chi connectivity index (χ4v) is 3.00. The van der Waals surface area contributed by atoms with Crippen molar-refractivity contribution in [1.82, 2.24) is 0 Å². The first kappa shape index (κ1) is 11.6. The molecule has 16 heavy (non-hydrogen) atoms. The number of hydrogen-bond acceptors (Lipinski definition) is 4. The second kappa shape index (κ2) is 4.97. The molecule has 0 aromatic heterocycles. The Labute approximate surface area is 101 Å².